The molecule has 0 heterocycles. The highest BCUT2D eigenvalue weighted by Gasteiger charge is 2.32. The van der Waals surface area contributed by atoms with Gasteiger partial charge in [-0.3, -0.25) is 13.9 Å². The van der Waals surface area contributed by atoms with Crippen LogP contribution < -0.4 is 14.4 Å². The molecule has 0 aliphatic rings. The van der Waals surface area contributed by atoms with Gasteiger partial charge in [0.2, 0.25) is 21.8 Å². The van der Waals surface area contributed by atoms with E-state index in [1.807, 2.05) is 0 Å². The molecule has 186 valence electrons. The summed E-state index contributed by atoms with van der Waals surface area (Å²) in [5.41, 5.74) is 1.03. The van der Waals surface area contributed by atoms with E-state index in [-0.39, 0.29) is 18.1 Å². The van der Waals surface area contributed by atoms with Crippen molar-refractivity contribution < 1.29 is 22.7 Å². The van der Waals surface area contributed by atoms with Gasteiger partial charge in [0.15, 0.2) is 0 Å². The Labute approximate surface area is 206 Å². The van der Waals surface area contributed by atoms with Gasteiger partial charge in [-0.2, -0.15) is 0 Å². The van der Waals surface area contributed by atoms with Gasteiger partial charge in [-0.05, 0) is 50.1 Å². The van der Waals surface area contributed by atoms with E-state index in [0.29, 0.717) is 30.3 Å². The molecule has 1 unspecified atom stereocenters. The lowest BCUT2D eigenvalue weighted by atomic mass is 10.1. The van der Waals surface area contributed by atoms with Crippen molar-refractivity contribution in [3.8, 4) is 5.75 Å². The molecule has 0 bridgehead atoms. The van der Waals surface area contributed by atoms with Gasteiger partial charge in [0, 0.05) is 18.1 Å². The van der Waals surface area contributed by atoms with E-state index in [1.54, 1.807) is 69.3 Å². The normalized spacial score (nSPS) is 12.0. The predicted molar refractivity (Wildman–Crippen MR) is 135 cm³/mol. The van der Waals surface area contributed by atoms with E-state index in [4.69, 9.17) is 16.3 Å². The zero-order valence-electron chi connectivity index (χ0n) is 20.0. The number of hydrogen-bond acceptors (Lipinski definition) is 5. The molecular formula is C24H32ClN3O5S. The molecule has 0 saturated heterocycles. The first-order valence-corrected chi connectivity index (χ1v) is 13.4. The van der Waals surface area contributed by atoms with Crippen LogP contribution in [0, 0.1) is 0 Å². The number of sulfonamides is 1. The number of nitrogens with one attached hydrogen (secondary N) is 1. The molecule has 0 fully saturated rings. The molecule has 0 aliphatic carbocycles. The van der Waals surface area contributed by atoms with Gasteiger partial charge in [-0.15, -0.1) is 0 Å². The lowest BCUT2D eigenvalue weighted by Crippen LogP contribution is -2.52. The highest BCUT2D eigenvalue weighted by Crippen LogP contribution is 2.30. The maximum atomic E-state index is 13.6. The molecule has 2 aromatic carbocycles. The SMILES string of the molecule is CCNC(=O)C(CC)N(Cc1ccc(Cl)cc1)C(=O)CN(c1ccccc1OCC)S(C)(=O)=O. The Balaban J connectivity index is 2.46. The second-order valence-electron chi connectivity index (χ2n) is 7.64. The molecule has 0 saturated carbocycles. The van der Waals surface area contributed by atoms with Crippen molar-refractivity contribution in [3.63, 3.8) is 0 Å². The number of rotatable bonds is 12. The number of benzene rings is 2. The minimum atomic E-state index is -3.84. The minimum Gasteiger partial charge on any atom is -0.492 e. The summed E-state index contributed by atoms with van der Waals surface area (Å²) in [5, 5.41) is 3.31. The van der Waals surface area contributed by atoms with E-state index >= 15 is 0 Å². The van der Waals surface area contributed by atoms with Crippen molar-refractivity contribution in [2.45, 2.75) is 39.8 Å². The van der Waals surface area contributed by atoms with Crippen LogP contribution in [0.15, 0.2) is 48.5 Å². The smallest absolute Gasteiger partial charge is 0.244 e. The van der Waals surface area contributed by atoms with Crippen molar-refractivity contribution in [2.24, 2.45) is 0 Å². The summed E-state index contributed by atoms with van der Waals surface area (Å²) in [5.74, 6) is -0.457. The predicted octanol–water partition coefficient (Wildman–Crippen LogP) is 3.45. The molecule has 10 heteroatoms. The molecule has 0 aliphatic heterocycles. The first-order valence-electron chi connectivity index (χ1n) is 11.1. The maximum Gasteiger partial charge on any atom is 0.244 e. The molecule has 0 spiro atoms. The number of carbonyl (C=O) groups excluding carboxylic acids is 2. The third-order valence-corrected chi connectivity index (χ3v) is 6.49. The average molecular weight is 510 g/mol. The summed E-state index contributed by atoms with van der Waals surface area (Å²) >= 11 is 5.99. The van der Waals surface area contributed by atoms with Crippen LogP contribution in [-0.2, 0) is 26.2 Å². The monoisotopic (exact) mass is 509 g/mol. The Morgan fingerprint density at radius 3 is 2.26 bits per heavy atom. The summed E-state index contributed by atoms with van der Waals surface area (Å²) in [7, 11) is -3.84. The Morgan fingerprint density at radius 1 is 1.06 bits per heavy atom. The number of hydrogen-bond donors (Lipinski definition) is 1. The fourth-order valence-corrected chi connectivity index (χ4v) is 4.51. The Kier molecular flexibility index (Phi) is 10.2. The number of amides is 2. The highest BCUT2D eigenvalue weighted by atomic mass is 35.5. The first-order chi connectivity index (χ1) is 16.1. The Hall–Kier alpha value is -2.78. The molecule has 2 aromatic rings. The van der Waals surface area contributed by atoms with Crippen LogP contribution in [0.25, 0.3) is 0 Å². The Morgan fingerprint density at radius 2 is 1.71 bits per heavy atom. The van der Waals surface area contributed by atoms with E-state index < -0.39 is 28.5 Å². The molecule has 34 heavy (non-hydrogen) atoms. The number of ether oxygens (including phenoxy) is 1. The zero-order chi connectivity index (χ0) is 25.3. The van der Waals surface area contributed by atoms with Crippen molar-refractivity contribution in [1.82, 2.24) is 10.2 Å². The number of para-hydroxylation sites is 2. The molecule has 2 amide bonds. The fraction of sp³-hybridized carbons (Fsp3) is 0.417. The number of carbonyl (C=O) groups is 2. The van der Waals surface area contributed by atoms with Crippen molar-refractivity contribution >= 4 is 39.1 Å². The topological polar surface area (TPSA) is 96.0 Å². The molecule has 2 rings (SSSR count). The summed E-state index contributed by atoms with van der Waals surface area (Å²) in [6.07, 6.45) is 1.40. The van der Waals surface area contributed by atoms with Gasteiger partial charge < -0.3 is 15.0 Å². The van der Waals surface area contributed by atoms with Crippen LogP contribution >= 0.6 is 11.6 Å². The fourth-order valence-electron chi connectivity index (χ4n) is 3.53. The molecule has 0 radical (unpaired) electrons. The molecule has 8 nitrogen and oxygen atoms in total. The second kappa shape index (κ2) is 12.6. The molecule has 1 atom stereocenters. The quantitative estimate of drug-likeness (QED) is 0.472. The average Bonchev–Trinajstić information content (AvgIpc) is 2.78. The standard InChI is InChI=1S/C24H32ClN3O5S/c1-5-20(24(30)26-6-2)27(16-18-12-14-19(25)15-13-18)23(29)17-28(34(4,31)32)21-10-8-9-11-22(21)33-7-3/h8-15,20H,5-7,16-17H2,1-4H3,(H,26,30). The molecule has 0 aromatic heterocycles. The lowest BCUT2D eigenvalue weighted by molar-refractivity contribution is -0.140. The lowest BCUT2D eigenvalue weighted by Gasteiger charge is -2.33. The highest BCUT2D eigenvalue weighted by molar-refractivity contribution is 7.92. The number of likely N-dealkylation sites (N-methyl/N-ethyl adjacent to an activating group) is 1. The largest absolute Gasteiger partial charge is 0.492 e. The van der Waals surface area contributed by atoms with Gasteiger partial charge >= 0.3 is 0 Å². The third-order valence-electron chi connectivity index (χ3n) is 5.12. The van der Waals surface area contributed by atoms with Crippen LogP contribution in [0.3, 0.4) is 0 Å². The molecule has 1 N–H and O–H groups in total. The van der Waals surface area contributed by atoms with Crippen LogP contribution in [0.1, 0.15) is 32.8 Å². The van der Waals surface area contributed by atoms with Crippen LogP contribution in [0.5, 0.6) is 5.75 Å². The van der Waals surface area contributed by atoms with Gasteiger partial charge in [0.05, 0.1) is 18.6 Å². The van der Waals surface area contributed by atoms with Crippen molar-refractivity contribution in [1.29, 1.82) is 0 Å². The second-order valence-corrected chi connectivity index (χ2v) is 9.98. The third kappa shape index (κ3) is 7.36. The summed E-state index contributed by atoms with van der Waals surface area (Å²) in [6, 6.07) is 12.8. The van der Waals surface area contributed by atoms with Crippen molar-refractivity contribution in [2.75, 3.05) is 30.3 Å². The van der Waals surface area contributed by atoms with Crippen molar-refractivity contribution in [3.05, 3.63) is 59.1 Å². The molecular weight excluding hydrogens is 478 g/mol. The number of halogens is 1. The van der Waals surface area contributed by atoms with E-state index in [1.165, 1.54) is 4.90 Å². The van der Waals surface area contributed by atoms with Gasteiger partial charge in [-0.1, -0.05) is 42.8 Å². The number of nitrogens with zero attached hydrogens (tertiary/aromatic N) is 2. The van der Waals surface area contributed by atoms with E-state index in [2.05, 4.69) is 5.32 Å². The van der Waals surface area contributed by atoms with Crippen LogP contribution in [0.4, 0.5) is 5.69 Å². The van der Waals surface area contributed by atoms with Gasteiger partial charge in [0.1, 0.15) is 18.3 Å². The summed E-state index contributed by atoms with van der Waals surface area (Å²) in [4.78, 5) is 27.8. The van der Waals surface area contributed by atoms with Gasteiger partial charge in [0.25, 0.3) is 0 Å². The number of anilines is 1. The van der Waals surface area contributed by atoms with E-state index in [0.717, 1.165) is 16.1 Å². The summed E-state index contributed by atoms with van der Waals surface area (Å²) < 4.78 is 32.1. The van der Waals surface area contributed by atoms with E-state index in [9.17, 15) is 18.0 Å². The summed E-state index contributed by atoms with van der Waals surface area (Å²) in [6.45, 7) is 5.78. The van der Waals surface area contributed by atoms with Crippen LogP contribution in [-0.4, -0.2) is 57.1 Å². The zero-order valence-corrected chi connectivity index (χ0v) is 21.5. The minimum absolute atomic E-state index is 0.121. The Bertz CT molecular complexity index is 1080. The first kappa shape index (κ1) is 27.5. The maximum absolute atomic E-state index is 13.6. The van der Waals surface area contributed by atoms with Gasteiger partial charge in [-0.25, -0.2) is 8.42 Å². The van der Waals surface area contributed by atoms with Crippen LogP contribution in [0.2, 0.25) is 5.02 Å².